The Morgan fingerprint density at radius 3 is 2.84 bits per heavy atom. The van der Waals surface area contributed by atoms with Crippen LogP contribution in [0.5, 0.6) is 0 Å². The number of pyridine rings is 1. The van der Waals surface area contributed by atoms with E-state index in [2.05, 4.69) is 43.5 Å². The molecule has 3 nitrogen and oxygen atoms in total. The lowest BCUT2D eigenvalue weighted by molar-refractivity contribution is 0.801. The van der Waals surface area contributed by atoms with Crippen LogP contribution >= 0.6 is 15.9 Å². The second-order valence-corrected chi connectivity index (χ2v) is 5.29. The summed E-state index contributed by atoms with van der Waals surface area (Å²) < 4.78 is 3.17. The summed E-state index contributed by atoms with van der Waals surface area (Å²) in [5.74, 6) is 2.00. The minimum absolute atomic E-state index is 0.944. The van der Waals surface area contributed by atoms with Gasteiger partial charge in [-0.2, -0.15) is 0 Å². The average Bonchev–Trinajstić information content (AvgIpc) is 2.87. The van der Waals surface area contributed by atoms with Crippen molar-refractivity contribution < 1.29 is 0 Å². The third kappa shape index (κ3) is 2.16. The number of halogens is 1. The fourth-order valence-electron chi connectivity index (χ4n) is 2.28. The summed E-state index contributed by atoms with van der Waals surface area (Å²) in [7, 11) is 0. The van der Waals surface area contributed by atoms with Gasteiger partial charge in [0.15, 0.2) is 0 Å². The Kier molecular flexibility index (Phi) is 3.34. The molecule has 19 heavy (non-hydrogen) atoms. The van der Waals surface area contributed by atoms with Gasteiger partial charge in [0.2, 0.25) is 0 Å². The molecule has 0 saturated carbocycles. The average molecular weight is 316 g/mol. The first kappa shape index (κ1) is 12.4. The van der Waals surface area contributed by atoms with E-state index in [1.165, 1.54) is 5.39 Å². The number of imidazole rings is 1. The zero-order valence-electron chi connectivity index (χ0n) is 10.7. The lowest BCUT2D eigenvalue weighted by atomic mass is 10.1. The second kappa shape index (κ2) is 5.13. The van der Waals surface area contributed by atoms with Crippen molar-refractivity contribution in [3.63, 3.8) is 0 Å². The quantitative estimate of drug-likeness (QED) is 0.727. The van der Waals surface area contributed by atoms with Crippen molar-refractivity contribution in [2.24, 2.45) is 0 Å². The van der Waals surface area contributed by atoms with Crippen LogP contribution in [0.25, 0.3) is 16.6 Å². The van der Waals surface area contributed by atoms with E-state index in [0.717, 1.165) is 34.3 Å². The van der Waals surface area contributed by atoms with Crippen molar-refractivity contribution in [3.8, 4) is 5.82 Å². The lowest BCUT2D eigenvalue weighted by Crippen LogP contribution is -2.03. The van der Waals surface area contributed by atoms with Gasteiger partial charge in [-0.25, -0.2) is 9.97 Å². The topological polar surface area (TPSA) is 30.7 Å². The standard InChI is InChI=1S/C15H14BrN3/c1-2-4-14-17-9-10-19(14)15-12-5-3-6-13(16)11(12)7-8-18-15/h3,5-10H,2,4H2,1H3. The summed E-state index contributed by atoms with van der Waals surface area (Å²) in [5, 5.41) is 2.30. The predicted molar refractivity (Wildman–Crippen MR) is 80.6 cm³/mol. The number of hydrogen-bond donors (Lipinski definition) is 0. The van der Waals surface area contributed by atoms with Crippen LogP contribution in [0.3, 0.4) is 0 Å². The summed E-state index contributed by atoms with van der Waals surface area (Å²) in [4.78, 5) is 8.96. The minimum Gasteiger partial charge on any atom is -0.287 e. The van der Waals surface area contributed by atoms with E-state index in [0.29, 0.717) is 0 Å². The Bertz CT molecular complexity index is 718. The molecular weight excluding hydrogens is 302 g/mol. The first-order valence-electron chi connectivity index (χ1n) is 6.37. The summed E-state index contributed by atoms with van der Waals surface area (Å²) in [6, 6.07) is 8.21. The molecule has 0 radical (unpaired) electrons. The van der Waals surface area contributed by atoms with Crippen LogP contribution < -0.4 is 0 Å². The van der Waals surface area contributed by atoms with Gasteiger partial charge in [0.05, 0.1) is 0 Å². The highest BCUT2D eigenvalue weighted by Gasteiger charge is 2.10. The molecule has 0 aliphatic heterocycles. The van der Waals surface area contributed by atoms with E-state index in [9.17, 15) is 0 Å². The van der Waals surface area contributed by atoms with Crippen LogP contribution in [0, 0.1) is 0 Å². The lowest BCUT2D eigenvalue weighted by Gasteiger charge is -2.10. The molecular formula is C15H14BrN3. The highest BCUT2D eigenvalue weighted by Crippen LogP contribution is 2.27. The fraction of sp³-hybridized carbons (Fsp3) is 0.200. The van der Waals surface area contributed by atoms with Gasteiger partial charge < -0.3 is 0 Å². The molecule has 2 heterocycles. The maximum absolute atomic E-state index is 4.54. The monoisotopic (exact) mass is 315 g/mol. The van der Waals surface area contributed by atoms with Crippen LogP contribution in [-0.4, -0.2) is 14.5 Å². The molecule has 0 atom stereocenters. The van der Waals surface area contributed by atoms with Gasteiger partial charge in [-0.3, -0.25) is 4.57 Å². The summed E-state index contributed by atoms with van der Waals surface area (Å²) in [6.07, 6.45) is 7.69. The molecule has 0 aliphatic rings. The van der Waals surface area contributed by atoms with Crippen molar-refractivity contribution in [2.45, 2.75) is 19.8 Å². The number of hydrogen-bond acceptors (Lipinski definition) is 2. The van der Waals surface area contributed by atoms with E-state index in [-0.39, 0.29) is 0 Å². The third-order valence-corrected chi connectivity index (χ3v) is 3.84. The molecule has 0 fully saturated rings. The van der Waals surface area contributed by atoms with Crippen molar-refractivity contribution in [1.29, 1.82) is 0 Å². The van der Waals surface area contributed by atoms with E-state index >= 15 is 0 Å². The van der Waals surface area contributed by atoms with Crippen LogP contribution in [0.4, 0.5) is 0 Å². The molecule has 0 N–H and O–H groups in total. The molecule has 0 unspecified atom stereocenters. The summed E-state index contributed by atoms with van der Waals surface area (Å²) in [6.45, 7) is 2.16. The highest BCUT2D eigenvalue weighted by molar-refractivity contribution is 9.10. The molecule has 0 aliphatic carbocycles. The first-order chi connectivity index (χ1) is 9.31. The van der Waals surface area contributed by atoms with E-state index in [1.54, 1.807) is 0 Å². The third-order valence-electron chi connectivity index (χ3n) is 3.15. The van der Waals surface area contributed by atoms with Gasteiger partial charge in [-0.1, -0.05) is 35.0 Å². The fourth-order valence-corrected chi connectivity index (χ4v) is 2.78. The van der Waals surface area contributed by atoms with Crippen molar-refractivity contribution in [2.75, 3.05) is 0 Å². The maximum atomic E-state index is 4.54. The van der Waals surface area contributed by atoms with Gasteiger partial charge in [-0.15, -0.1) is 0 Å². The van der Waals surface area contributed by atoms with Crippen LogP contribution in [0.15, 0.2) is 47.3 Å². The first-order valence-corrected chi connectivity index (χ1v) is 7.16. The van der Waals surface area contributed by atoms with Crippen molar-refractivity contribution in [3.05, 3.63) is 53.2 Å². The second-order valence-electron chi connectivity index (χ2n) is 4.43. The SMILES string of the molecule is CCCc1nccn1-c1nccc2c(Br)cccc12. The number of nitrogens with zero attached hydrogens (tertiary/aromatic N) is 3. The van der Waals surface area contributed by atoms with Gasteiger partial charge in [0.25, 0.3) is 0 Å². The van der Waals surface area contributed by atoms with Crippen molar-refractivity contribution >= 4 is 26.7 Å². The number of benzene rings is 1. The smallest absolute Gasteiger partial charge is 0.145 e. The molecule has 0 saturated heterocycles. The molecule has 1 aromatic carbocycles. The van der Waals surface area contributed by atoms with E-state index in [4.69, 9.17) is 0 Å². The number of fused-ring (bicyclic) bond motifs is 1. The number of rotatable bonds is 3. The molecule has 3 aromatic rings. The van der Waals surface area contributed by atoms with Gasteiger partial charge in [0, 0.05) is 40.3 Å². The summed E-state index contributed by atoms with van der Waals surface area (Å²) >= 11 is 3.59. The molecule has 96 valence electrons. The van der Waals surface area contributed by atoms with Crippen LogP contribution in [0.1, 0.15) is 19.2 Å². The van der Waals surface area contributed by atoms with Crippen LogP contribution in [-0.2, 0) is 6.42 Å². The van der Waals surface area contributed by atoms with E-state index in [1.807, 2.05) is 36.8 Å². The minimum atomic E-state index is 0.944. The molecule has 3 rings (SSSR count). The Morgan fingerprint density at radius 1 is 1.11 bits per heavy atom. The van der Waals surface area contributed by atoms with Gasteiger partial charge in [-0.05, 0) is 18.6 Å². The Labute approximate surface area is 120 Å². The summed E-state index contributed by atoms with van der Waals surface area (Å²) in [5.41, 5.74) is 0. The zero-order chi connectivity index (χ0) is 13.2. The Hall–Kier alpha value is -1.68. The van der Waals surface area contributed by atoms with Crippen LogP contribution in [0.2, 0.25) is 0 Å². The van der Waals surface area contributed by atoms with Gasteiger partial charge in [0.1, 0.15) is 11.6 Å². The number of aryl methyl sites for hydroxylation is 1. The normalized spacial score (nSPS) is 11.1. The molecule has 0 amide bonds. The molecule has 0 bridgehead atoms. The molecule has 2 aromatic heterocycles. The Balaban J connectivity index is 2.25. The molecule has 4 heteroatoms. The van der Waals surface area contributed by atoms with E-state index < -0.39 is 0 Å². The number of aromatic nitrogens is 3. The van der Waals surface area contributed by atoms with Gasteiger partial charge >= 0.3 is 0 Å². The zero-order valence-corrected chi connectivity index (χ0v) is 12.3. The highest BCUT2D eigenvalue weighted by atomic mass is 79.9. The molecule has 0 spiro atoms. The maximum Gasteiger partial charge on any atom is 0.145 e. The Morgan fingerprint density at radius 2 is 2.00 bits per heavy atom. The predicted octanol–water partition coefficient (Wildman–Crippen LogP) is 4.14. The largest absolute Gasteiger partial charge is 0.287 e. The van der Waals surface area contributed by atoms with Crippen molar-refractivity contribution in [1.82, 2.24) is 14.5 Å².